The Hall–Kier alpha value is -1.14. The summed E-state index contributed by atoms with van der Waals surface area (Å²) in [5.41, 5.74) is 0.855. The van der Waals surface area contributed by atoms with Crippen molar-refractivity contribution in [1.29, 1.82) is 0 Å². The van der Waals surface area contributed by atoms with Crippen molar-refractivity contribution in [3.63, 3.8) is 0 Å². The average Bonchev–Trinajstić information content (AvgIpc) is 2.77. The zero-order valence-electron chi connectivity index (χ0n) is 10.3. The van der Waals surface area contributed by atoms with E-state index in [1.54, 1.807) is 6.20 Å². The van der Waals surface area contributed by atoms with Gasteiger partial charge in [-0.05, 0) is 42.3 Å². The van der Waals surface area contributed by atoms with Gasteiger partial charge in [-0.3, -0.25) is 14.6 Å². The summed E-state index contributed by atoms with van der Waals surface area (Å²) in [6.45, 7) is 3.06. The first kappa shape index (κ1) is 13.3. The first-order valence-electron chi connectivity index (χ1n) is 5.97. The Morgan fingerprint density at radius 2 is 2.33 bits per heavy atom. The summed E-state index contributed by atoms with van der Waals surface area (Å²) in [4.78, 5) is 4.31. The van der Waals surface area contributed by atoms with Crippen LogP contribution in [0.1, 0.15) is 13.3 Å². The Balaban J connectivity index is 2.15. The van der Waals surface area contributed by atoms with Gasteiger partial charge in [0.25, 0.3) is 0 Å². The number of rotatable bonds is 6. The molecule has 0 aliphatic heterocycles. The lowest BCUT2D eigenvalue weighted by molar-refractivity contribution is 0.678. The fourth-order valence-electron chi connectivity index (χ4n) is 1.68. The molecule has 0 atom stereocenters. The first-order chi connectivity index (χ1) is 8.83. The lowest BCUT2D eigenvalue weighted by atomic mass is 10.3. The summed E-state index contributed by atoms with van der Waals surface area (Å²) < 4.78 is 2.69. The van der Waals surface area contributed by atoms with Crippen LogP contribution in [-0.4, -0.2) is 31.3 Å². The predicted molar refractivity (Wildman–Crippen MR) is 78.3 cm³/mol. The highest BCUT2D eigenvalue weighted by molar-refractivity contribution is 7.99. The van der Waals surface area contributed by atoms with E-state index in [2.05, 4.69) is 22.1 Å². The van der Waals surface area contributed by atoms with E-state index in [9.17, 15) is 0 Å². The molecule has 0 bridgehead atoms. The maximum absolute atomic E-state index is 5.26. The number of aromatic nitrogens is 4. The predicted octanol–water partition coefficient (Wildman–Crippen LogP) is 3.15. The highest BCUT2D eigenvalue weighted by Crippen LogP contribution is 2.14. The lowest BCUT2D eigenvalue weighted by Crippen LogP contribution is -2.03. The van der Waals surface area contributed by atoms with Crippen molar-refractivity contribution in [1.82, 2.24) is 19.7 Å². The molecule has 0 radical (unpaired) electrons. The van der Waals surface area contributed by atoms with E-state index in [0.29, 0.717) is 4.77 Å². The van der Waals surface area contributed by atoms with Crippen molar-refractivity contribution in [3.05, 3.63) is 29.2 Å². The monoisotopic (exact) mass is 280 g/mol. The Bertz CT molecular complexity index is 533. The molecule has 2 rings (SSSR count). The third kappa shape index (κ3) is 3.20. The van der Waals surface area contributed by atoms with E-state index in [1.807, 2.05) is 34.5 Å². The van der Waals surface area contributed by atoms with Crippen LogP contribution >= 0.6 is 24.0 Å². The van der Waals surface area contributed by atoms with Gasteiger partial charge in [-0.2, -0.15) is 16.9 Å². The summed E-state index contributed by atoms with van der Waals surface area (Å²) in [5, 5.41) is 7.11. The fourth-order valence-corrected chi connectivity index (χ4v) is 2.53. The summed E-state index contributed by atoms with van der Waals surface area (Å²) in [6, 6.07) is 5.80. The third-order valence-corrected chi connectivity index (χ3v) is 3.82. The Morgan fingerprint density at radius 3 is 3.06 bits per heavy atom. The van der Waals surface area contributed by atoms with Gasteiger partial charge in [-0.25, -0.2) is 0 Å². The number of H-pyrrole nitrogens is 1. The molecular weight excluding hydrogens is 264 g/mol. The van der Waals surface area contributed by atoms with E-state index in [-0.39, 0.29) is 0 Å². The quantitative estimate of drug-likeness (QED) is 0.652. The van der Waals surface area contributed by atoms with Crippen molar-refractivity contribution in [2.24, 2.45) is 0 Å². The van der Waals surface area contributed by atoms with Crippen molar-refractivity contribution < 1.29 is 0 Å². The van der Waals surface area contributed by atoms with E-state index in [0.717, 1.165) is 36.0 Å². The van der Waals surface area contributed by atoms with Gasteiger partial charge in [0, 0.05) is 12.7 Å². The molecular formula is C12H16N4S2. The molecule has 0 amide bonds. The molecule has 1 N–H and O–H groups in total. The smallest absolute Gasteiger partial charge is 0.195 e. The molecule has 0 fully saturated rings. The zero-order valence-corrected chi connectivity index (χ0v) is 11.9. The topological polar surface area (TPSA) is 46.5 Å². The minimum absolute atomic E-state index is 0.664. The van der Waals surface area contributed by atoms with Gasteiger partial charge in [0.15, 0.2) is 10.6 Å². The lowest BCUT2D eigenvalue weighted by Gasteiger charge is -2.05. The molecule has 96 valence electrons. The van der Waals surface area contributed by atoms with E-state index in [1.165, 1.54) is 0 Å². The van der Waals surface area contributed by atoms with Crippen LogP contribution in [0.2, 0.25) is 0 Å². The highest BCUT2D eigenvalue weighted by atomic mass is 32.2. The number of pyridine rings is 1. The van der Waals surface area contributed by atoms with Crippen LogP contribution in [0.25, 0.3) is 11.5 Å². The van der Waals surface area contributed by atoms with Gasteiger partial charge in [0.1, 0.15) is 5.69 Å². The molecule has 0 spiro atoms. The number of hydrogen-bond acceptors (Lipinski definition) is 4. The van der Waals surface area contributed by atoms with Gasteiger partial charge in [0.2, 0.25) is 0 Å². The maximum Gasteiger partial charge on any atom is 0.195 e. The van der Waals surface area contributed by atoms with E-state index >= 15 is 0 Å². The highest BCUT2D eigenvalue weighted by Gasteiger charge is 2.08. The standard InChI is InChI=1S/C12H16N4S2/c1-2-18-9-5-8-16-11(14-15-12(16)17)10-6-3-4-7-13-10/h3-4,6-7H,2,5,8-9H2,1H3,(H,15,17). The number of thioether (sulfide) groups is 1. The Labute approximate surface area is 116 Å². The second kappa shape index (κ2) is 6.70. The molecule has 18 heavy (non-hydrogen) atoms. The Morgan fingerprint density at radius 1 is 1.44 bits per heavy atom. The zero-order chi connectivity index (χ0) is 12.8. The van der Waals surface area contributed by atoms with E-state index in [4.69, 9.17) is 12.2 Å². The van der Waals surface area contributed by atoms with Crippen molar-refractivity contribution in [2.45, 2.75) is 19.9 Å². The van der Waals surface area contributed by atoms with Crippen LogP contribution < -0.4 is 0 Å². The van der Waals surface area contributed by atoms with Crippen LogP contribution in [0.3, 0.4) is 0 Å². The second-order valence-electron chi connectivity index (χ2n) is 3.77. The van der Waals surface area contributed by atoms with Crippen LogP contribution in [0.5, 0.6) is 0 Å². The van der Waals surface area contributed by atoms with Crippen molar-refractivity contribution >= 4 is 24.0 Å². The molecule has 0 saturated carbocycles. The molecule has 0 aliphatic carbocycles. The number of hydrogen-bond donors (Lipinski definition) is 1. The fraction of sp³-hybridized carbons (Fsp3) is 0.417. The molecule has 0 aliphatic rings. The Kier molecular flexibility index (Phi) is 4.95. The molecule has 2 aromatic heterocycles. The van der Waals surface area contributed by atoms with Gasteiger partial charge < -0.3 is 0 Å². The van der Waals surface area contributed by atoms with Crippen LogP contribution in [0.15, 0.2) is 24.4 Å². The number of aromatic amines is 1. The molecule has 0 aromatic carbocycles. The summed E-state index contributed by atoms with van der Waals surface area (Å²) >= 11 is 7.21. The van der Waals surface area contributed by atoms with Crippen LogP contribution in [0.4, 0.5) is 0 Å². The third-order valence-electron chi connectivity index (χ3n) is 2.53. The average molecular weight is 280 g/mol. The summed E-state index contributed by atoms with van der Waals surface area (Å²) in [6.07, 6.45) is 2.86. The van der Waals surface area contributed by atoms with Crippen LogP contribution in [0, 0.1) is 4.77 Å². The maximum atomic E-state index is 5.26. The molecule has 6 heteroatoms. The first-order valence-corrected chi connectivity index (χ1v) is 7.53. The van der Waals surface area contributed by atoms with Crippen LogP contribution in [-0.2, 0) is 6.54 Å². The molecule has 0 saturated heterocycles. The van der Waals surface area contributed by atoms with Gasteiger partial charge in [0.05, 0.1) is 0 Å². The molecule has 4 nitrogen and oxygen atoms in total. The second-order valence-corrected chi connectivity index (χ2v) is 5.55. The molecule has 0 unspecified atom stereocenters. The minimum atomic E-state index is 0.664. The largest absolute Gasteiger partial charge is 0.299 e. The normalized spacial score (nSPS) is 10.7. The minimum Gasteiger partial charge on any atom is -0.299 e. The number of nitrogens with one attached hydrogen (secondary N) is 1. The summed E-state index contributed by atoms with van der Waals surface area (Å²) in [5.74, 6) is 3.12. The van der Waals surface area contributed by atoms with Gasteiger partial charge in [-0.15, -0.1) is 0 Å². The van der Waals surface area contributed by atoms with Crippen molar-refractivity contribution in [2.75, 3.05) is 11.5 Å². The summed E-state index contributed by atoms with van der Waals surface area (Å²) in [7, 11) is 0. The number of nitrogens with zero attached hydrogens (tertiary/aromatic N) is 3. The van der Waals surface area contributed by atoms with Gasteiger partial charge in [-0.1, -0.05) is 13.0 Å². The molecule has 2 heterocycles. The molecule has 2 aromatic rings. The SMILES string of the molecule is CCSCCCn1c(-c2ccccn2)n[nH]c1=S. The van der Waals surface area contributed by atoms with Crippen molar-refractivity contribution in [3.8, 4) is 11.5 Å². The van der Waals surface area contributed by atoms with Gasteiger partial charge >= 0.3 is 0 Å². The van der Waals surface area contributed by atoms with E-state index < -0.39 is 0 Å².